The molecule has 0 spiro atoms. The monoisotopic (exact) mass is 291 g/mol. The predicted octanol–water partition coefficient (Wildman–Crippen LogP) is -1.01. The lowest BCUT2D eigenvalue weighted by Crippen LogP contribution is -2.35. The molecule has 2 saturated carbocycles. The summed E-state index contributed by atoms with van der Waals surface area (Å²) < 4.78 is 1.75. The van der Waals surface area contributed by atoms with Crippen molar-refractivity contribution in [2.75, 3.05) is 12.3 Å². The summed E-state index contributed by atoms with van der Waals surface area (Å²) in [5, 5.41) is 30.1. The molecule has 2 aliphatic carbocycles. The molecule has 0 saturated heterocycles. The van der Waals surface area contributed by atoms with Gasteiger partial charge in [0.05, 0.1) is 25.1 Å². The Kier molecular flexibility index (Phi) is 2.40. The van der Waals surface area contributed by atoms with Crippen LogP contribution < -0.4 is 5.73 Å². The zero-order valence-electron chi connectivity index (χ0n) is 11.5. The first kappa shape index (κ1) is 12.9. The second-order valence-corrected chi connectivity index (χ2v) is 6.11. The summed E-state index contributed by atoms with van der Waals surface area (Å²) in [5.74, 6) is 0.842. The molecule has 21 heavy (non-hydrogen) atoms. The van der Waals surface area contributed by atoms with Gasteiger partial charge in [0.15, 0.2) is 11.5 Å². The second kappa shape index (κ2) is 3.90. The number of aryl methyl sites for hydroxylation is 1. The van der Waals surface area contributed by atoms with Crippen LogP contribution in [0.25, 0.3) is 11.2 Å². The Morgan fingerprint density at radius 2 is 2.19 bits per heavy atom. The number of aromatic nitrogens is 4. The molecule has 2 heterocycles. The maximum absolute atomic E-state index is 10.3. The highest BCUT2D eigenvalue weighted by Crippen LogP contribution is 2.67. The Morgan fingerprint density at radius 1 is 1.43 bits per heavy atom. The predicted molar refractivity (Wildman–Crippen MR) is 73.1 cm³/mol. The molecule has 0 aromatic carbocycles. The zero-order chi connectivity index (χ0) is 14.9. The molecule has 0 radical (unpaired) electrons. The summed E-state index contributed by atoms with van der Waals surface area (Å²) >= 11 is 0. The molecular formula is C13H17N5O3. The number of aliphatic hydroxyl groups is 3. The van der Waals surface area contributed by atoms with Gasteiger partial charge in [-0.2, -0.15) is 0 Å². The molecule has 2 fully saturated rings. The van der Waals surface area contributed by atoms with E-state index in [4.69, 9.17) is 5.73 Å². The summed E-state index contributed by atoms with van der Waals surface area (Å²) in [4.78, 5) is 12.7. The van der Waals surface area contributed by atoms with Crippen molar-refractivity contribution in [2.45, 2.75) is 31.6 Å². The number of nitrogen functional groups attached to an aromatic ring is 1. The lowest BCUT2D eigenvalue weighted by atomic mass is 10.0. The van der Waals surface area contributed by atoms with Crippen LogP contribution in [0.1, 0.15) is 18.3 Å². The number of imidazole rings is 1. The van der Waals surface area contributed by atoms with Crippen molar-refractivity contribution in [3.63, 3.8) is 0 Å². The normalized spacial score (nSPS) is 37.9. The van der Waals surface area contributed by atoms with Crippen molar-refractivity contribution in [3.8, 4) is 0 Å². The second-order valence-electron chi connectivity index (χ2n) is 6.11. The van der Waals surface area contributed by atoms with E-state index >= 15 is 0 Å². The minimum absolute atomic E-state index is 0.0152. The van der Waals surface area contributed by atoms with Crippen LogP contribution in [0, 0.1) is 18.3 Å². The summed E-state index contributed by atoms with van der Waals surface area (Å²) in [5.41, 5.74) is 6.30. The van der Waals surface area contributed by atoms with Gasteiger partial charge in [-0.15, -0.1) is 0 Å². The Labute approximate surface area is 120 Å². The standard InChI is InChI=1S/C13H17N5O3/c1-5-16-11(14)7-12(17-5)18(4-15-7)8-6-2-13(6,3-19)10(21)9(8)20/h4,6,8-10,19-21H,2-3H2,1H3,(H2,14,16,17)/t6-,8-,9?,10-,13+/m1/s1. The molecule has 2 aromatic rings. The van der Waals surface area contributed by atoms with Crippen molar-refractivity contribution in [2.24, 2.45) is 11.3 Å². The molecule has 4 rings (SSSR count). The highest BCUT2D eigenvalue weighted by molar-refractivity contribution is 5.81. The number of anilines is 1. The van der Waals surface area contributed by atoms with Gasteiger partial charge >= 0.3 is 0 Å². The van der Waals surface area contributed by atoms with Crippen LogP contribution in [0.3, 0.4) is 0 Å². The number of aliphatic hydroxyl groups excluding tert-OH is 3. The van der Waals surface area contributed by atoms with Gasteiger partial charge in [-0.1, -0.05) is 0 Å². The van der Waals surface area contributed by atoms with Crippen LogP contribution in [0.5, 0.6) is 0 Å². The van der Waals surface area contributed by atoms with Gasteiger partial charge in [0.25, 0.3) is 0 Å². The molecular weight excluding hydrogens is 274 g/mol. The SMILES string of the molecule is Cc1nc(N)c2ncn([C@H]3C(O)[C@@H](O)[C@]4(CO)C[C@H]34)c2n1. The van der Waals surface area contributed by atoms with E-state index in [1.165, 1.54) is 0 Å². The van der Waals surface area contributed by atoms with Crippen LogP contribution in [0.15, 0.2) is 6.33 Å². The molecule has 5 N–H and O–H groups in total. The molecule has 5 atom stereocenters. The largest absolute Gasteiger partial charge is 0.396 e. The molecule has 2 aliphatic rings. The van der Waals surface area contributed by atoms with E-state index in [1.807, 2.05) is 0 Å². The van der Waals surface area contributed by atoms with E-state index in [0.29, 0.717) is 29.2 Å². The van der Waals surface area contributed by atoms with Gasteiger partial charge in [-0.05, 0) is 19.3 Å². The van der Waals surface area contributed by atoms with Crippen molar-refractivity contribution < 1.29 is 15.3 Å². The molecule has 1 unspecified atom stereocenters. The quantitative estimate of drug-likeness (QED) is 0.557. The van der Waals surface area contributed by atoms with Crippen molar-refractivity contribution in [1.29, 1.82) is 0 Å². The Hall–Kier alpha value is -1.77. The molecule has 0 aliphatic heterocycles. The first-order valence-corrected chi connectivity index (χ1v) is 6.93. The third-order valence-electron chi connectivity index (χ3n) is 5.03. The van der Waals surface area contributed by atoms with Crippen LogP contribution in [-0.2, 0) is 0 Å². The molecule has 0 amide bonds. The highest BCUT2D eigenvalue weighted by atomic mass is 16.3. The van der Waals surface area contributed by atoms with Crippen LogP contribution in [0.2, 0.25) is 0 Å². The number of nitrogens with zero attached hydrogens (tertiary/aromatic N) is 4. The maximum atomic E-state index is 10.3. The molecule has 112 valence electrons. The minimum atomic E-state index is -0.954. The van der Waals surface area contributed by atoms with Gasteiger partial charge in [0.2, 0.25) is 0 Å². The third kappa shape index (κ3) is 1.47. The summed E-state index contributed by atoms with van der Waals surface area (Å²) in [7, 11) is 0. The average molecular weight is 291 g/mol. The topological polar surface area (TPSA) is 130 Å². The molecule has 8 nitrogen and oxygen atoms in total. The average Bonchev–Trinajstić information content (AvgIpc) is 2.97. The maximum Gasteiger partial charge on any atom is 0.166 e. The van der Waals surface area contributed by atoms with E-state index < -0.39 is 17.6 Å². The number of nitrogens with two attached hydrogens (primary N) is 1. The van der Waals surface area contributed by atoms with E-state index in [1.54, 1.807) is 17.8 Å². The fraction of sp³-hybridized carbons (Fsp3) is 0.615. The van der Waals surface area contributed by atoms with E-state index in [9.17, 15) is 15.3 Å². The summed E-state index contributed by atoms with van der Waals surface area (Å²) in [6.45, 7) is 1.61. The van der Waals surface area contributed by atoms with Crippen LogP contribution in [0.4, 0.5) is 5.82 Å². The summed E-state index contributed by atoms with van der Waals surface area (Å²) in [6.07, 6.45) is 0.368. The van der Waals surface area contributed by atoms with E-state index in [2.05, 4.69) is 15.0 Å². The highest BCUT2D eigenvalue weighted by Gasteiger charge is 2.71. The Bertz CT molecular complexity index is 732. The van der Waals surface area contributed by atoms with E-state index in [-0.39, 0.29) is 18.6 Å². The van der Waals surface area contributed by atoms with Crippen LogP contribution >= 0.6 is 0 Å². The van der Waals surface area contributed by atoms with Gasteiger partial charge in [-0.25, -0.2) is 15.0 Å². The smallest absolute Gasteiger partial charge is 0.166 e. The molecule has 2 aromatic heterocycles. The Morgan fingerprint density at radius 3 is 2.86 bits per heavy atom. The van der Waals surface area contributed by atoms with Gasteiger partial charge in [0.1, 0.15) is 17.4 Å². The zero-order valence-corrected chi connectivity index (χ0v) is 11.5. The van der Waals surface area contributed by atoms with E-state index in [0.717, 1.165) is 0 Å². The third-order valence-corrected chi connectivity index (χ3v) is 5.03. The first-order chi connectivity index (χ1) is 9.99. The summed E-state index contributed by atoms with van der Waals surface area (Å²) in [6, 6.07) is -0.356. The van der Waals surface area contributed by atoms with Crippen molar-refractivity contribution in [3.05, 3.63) is 12.2 Å². The molecule has 8 heteroatoms. The lowest BCUT2D eigenvalue weighted by Gasteiger charge is -2.23. The first-order valence-electron chi connectivity index (χ1n) is 6.93. The van der Waals surface area contributed by atoms with Crippen LogP contribution in [-0.4, -0.2) is 53.7 Å². The number of hydrogen-bond donors (Lipinski definition) is 4. The fourth-order valence-electron chi connectivity index (χ4n) is 3.82. The number of hydrogen-bond acceptors (Lipinski definition) is 7. The van der Waals surface area contributed by atoms with Crippen molar-refractivity contribution in [1.82, 2.24) is 19.5 Å². The van der Waals surface area contributed by atoms with Gasteiger partial charge in [0, 0.05) is 5.41 Å². The number of rotatable bonds is 2. The number of fused-ring (bicyclic) bond motifs is 2. The Balaban J connectivity index is 1.85. The minimum Gasteiger partial charge on any atom is -0.396 e. The van der Waals surface area contributed by atoms with Gasteiger partial charge in [-0.3, -0.25) is 0 Å². The van der Waals surface area contributed by atoms with Crippen molar-refractivity contribution >= 4 is 17.0 Å². The molecule has 0 bridgehead atoms. The fourth-order valence-corrected chi connectivity index (χ4v) is 3.82. The lowest BCUT2D eigenvalue weighted by molar-refractivity contribution is -0.0300. The van der Waals surface area contributed by atoms with Gasteiger partial charge < -0.3 is 25.6 Å².